The summed E-state index contributed by atoms with van der Waals surface area (Å²) in [5.74, 6) is 0.882. The van der Waals surface area contributed by atoms with Gasteiger partial charge in [0.05, 0.1) is 6.04 Å². The van der Waals surface area contributed by atoms with Crippen molar-refractivity contribution in [1.29, 1.82) is 0 Å². The van der Waals surface area contributed by atoms with E-state index >= 15 is 0 Å². The Bertz CT molecular complexity index is 563. The van der Waals surface area contributed by atoms with E-state index in [0.29, 0.717) is 6.61 Å². The van der Waals surface area contributed by atoms with Crippen molar-refractivity contribution in [3.63, 3.8) is 0 Å². The quantitative estimate of drug-likeness (QED) is 0.795. The summed E-state index contributed by atoms with van der Waals surface area (Å²) >= 11 is 0. The second-order valence-electron chi connectivity index (χ2n) is 4.91. The summed E-state index contributed by atoms with van der Waals surface area (Å²) in [5.41, 5.74) is 3.43. The number of likely N-dealkylation sites (N-methyl/N-ethyl adjacent to an activating group) is 1. The summed E-state index contributed by atoms with van der Waals surface area (Å²) in [6, 6.07) is 18.5. The summed E-state index contributed by atoms with van der Waals surface area (Å²) in [6.45, 7) is 6.63. The Labute approximate surface area is 121 Å². The van der Waals surface area contributed by atoms with E-state index in [1.54, 1.807) is 0 Å². The fraction of sp³-hybridized carbons (Fsp3) is 0.222. The van der Waals surface area contributed by atoms with Crippen molar-refractivity contribution in [1.82, 2.24) is 5.32 Å². The molecule has 2 heteroatoms. The smallest absolute Gasteiger partial charge is 0.120 e. The minimum atomic E-state index is 0.162. The van der Waals surface area contributed by atoms with Crippen LogP contribution in [0.1, 0.15) is 24.1 Å². The van der Waals surface area contributed by atoms with Crippen LogP contribution in [0.15, 0.2) is 66.7 Å². The molecule has 1 N–H and O–H groups in total. The molecule has 0 heterocycles. The first-order valence-electron chi connectivity index (χ1n) is 6.80. The van der Waals surface area contributed by atoms with Crippen LogP contribution in [0.3, 0.4) is 0 Å². The summed E-state index contributed by atoms with van der Waals surface area (Å²) in [7, 11) is 1.94. The van der Waals surface area contributed by atoms with E-state index in [9.17, 15) is 0 Å². The maximum atomic E-state index is 5.85. The van der Waals surface area contributed by atoms with Crippen LogP contribution < -0.4 is 10.1 Å². The van der Waals surface area contributed by atoms with Gasteiger partial charge in [-0.15, -0.1) is 0 Å². The molecule has 1 unspecified atom stereocenters. The summed E-state index contributed by atoms with van der Waals surface area (Å²) in [6.07, 6.45) is 0. The van der Waals surface area contributed by atoms with Crippen LogP contribution in [-0.2, 0) is 6.61 Å². The van der Waals surface area contributed by atoms with Gasteiger partial charge in [-0.05, 0) is 37.2 Å². The van der Waals surface area contributed by atoms with Crippen LogP contribution in [0.2, 0.25) is 0 Å². The minimum Gasteiger partial charge on any atom is -0.489 e. The van der Waals surface area contributed by atoms with E-state index in [0.717, 1.165) is 11.3 Å². The molecule has 0 fully saturated rings. The topological polar surface area (TPSA) is 21.3 Å². The first-order valence-corrected chi connectivity index (χ1v) is 6.80. The van der Waals surface area contributed by atoms with E-state index in [2.05, 4.69) is 36.2 Å². The fourth-order valence-corrected chi connectivity index (χ4v) is 2.22. The van der Waals surface area contributed by atoms with E-state index in [1.165, 1.54) is 11.1 Å². The Morgan fingerprint density at radius 1 is 1.15 bits per heavy atom. The highest BCUT2D eigenvalue weighted by Gasteiger charge is 2.10. The zero-order chi connectivity index (χ0) is 14.4. The lowest BCUT2D eigenvalue weighted by Crippen LogP contribution is -2.16. The Morgan fingerprint density at radius 2 is 1.90 bits per heavy atom. The molecule has 2 aromatic rings. The molecule has 20 heavy (non-hydrogen) atoms. The van der Waals surface area contributed by atoms with Gasteiger partial charge in [0.25, 0.3) is 0 Å². The second kappa shape index (κ2) is 6.92. The SMILES string of the molecule is C=C(C)C(NC)c1cccc(OCc2ccccc2)c1. The van der Waals surface area contributed by atoms with Gasteiger partial charge >= 0.3 is 0 Å². The maximum Gasteiger partial charge on any atom is 0.120 e. The first kappa shape index (κ1) is 14.4. The summed E-state index contributed by atoms with van der Waals surface area (Å²) in [4.78, 5) is 0. The molecule has 0 radical (unpaired) electrons. The second-order valence-corrected chi connectivity index (χ2v) is 4.91. The van der Waals surface area contributed by atoms with Crippen LogP contribution in [0.25, 0.3) is 0 Å². The number of nitrogens with one attached hydrogen (secondary N) is 1. The molecular weight excluding hydrogens is 246 g/mol. The van der Waals surface area contributed by atoms with Crippen LogP contribution in [0.4, 0.5) is 0 Å². The van der Waals surface area contributed by atoms with Crippen LogP contribution in [0.5, 0.6) is 5.75 Å². The minimum absolute atomic E-state index is 0.162. The van der Waals surface area contributed by atoms with Crippen LogP contribution in [-0.4, -0.2) is 7.05 Å². The van der Waals surface area contributed by atoms with Crippen LogP contribution in [0, 0.1) is 0 Å². The van der Waals surface area contributed by atoms with Gasteiger partial charge in [-0.2, -0.15) is 0 Å². The number of rotatable bonds is 6. The fourth-order valence-electron chi connectivity index (χ4n) is 2.22. The molecule has 0 aliphatic heterocycles. The van der Waals surface area contributed by atoms with Crippen molar-refractivity contribution in [3.05, 3.63) is 77.9 Å². The predicted molar refractivity (Wildman–Crippen MR) is 83.8 cm³/mol. The standard InChI is InChI=1S/C18H21NO/c1-14(2)18(19-3)16-10-7-11-17(12-16)20-13-15-8-5-4-6-9-15/h4-12,18-19H,1,13H2,2-3H3. The Morgan fingerprint density at radius 3 is 2.55 bits per heavy atom. The van der Waals surface area contributed by atoms with Crippen molar-refractivity contribution >= 4 is 0 Å². The average Bonchev–Trinajstić information content (AvgIpc) is 2.47. The largest absolute Gasteiger partial charge is 0.489 e. The molecule has 2 nitrogen and oxygen atoms in total. The molecule has 0 aromatic heterocycles. The number of ether oxygens (including phenoxy) is 1. The summed E-state index contributed by atoms with van der Waals surface area (Å²) < 4.78 is 5.85. The van der Waals surface area contributed by atoms with Gasteiger partial charge in [0.15, 0.2) is 0 Å². The predicted octanol–water partition coefficient (Wildman–Crippen LogP) is 4.10. The lowest BCUT2D eigenvalue weighted by atomic mass is 10.0. The van der Waals surface area contributed by atoms with Gasteiger partial charge in [0.2, 0.25) is 0 Å². The molecule has 0 amide bonds. The molecule has 0 bridgehead atoms. The number of hydrogen-bond donors (Lipinski definition) is 1. The van der Waals surface area contributed by atoms with Crippen molar-refractivity contribution in [2.45, 2.75) is 19.6 Å². The van der Waals surface area contributed by atoms with E-state index in [1.807, 2.05) is 44.3 Å². The van der Waals surface area contributed by atoms with Gasteiger partial charge in [-0.1, -0.05) is 54.6 Å². The molecule has 0 saturated heterocycles. The highest BCUT2D eigenvalue weighted by Crippen LogP contribution is 2.24. The Balaban J connectivity index is 2.08. The molecule has 0 aliphatic rings. The normalized spacial score (nSPS) is 11.9. The summed E-state index contributed by atoms with van der Waals surface area (Å²) in [5, 5.41) is 3.26. The first-order chi connectivity index (χ1) is 9.70. The van der Waals surface area contributed by atoms with Gasteiger partial charge in [-0.25, -0.2) is 0 Å². The van der Waals surface area contributed by atoms with Crippen molar-refractivity contribution in [3.8, 4) is 5.75 Å². The molecule has 104 valence electrons. The third-order valence-electron chi connectivity index (χ3n) is 3.22. The monoisotopic (exact) mass is 267 g/mol. The van der Waals surface area contributed by atoms with Gasteiger partial charge in [0.1, 0.15) is 12.4 Å². The van der Waals surface area contributed by atoms with Crippen molar-refractivity contribution in [2.24, 2.45) is 0 Å². The Kier molecular flexibility index (Phi) is 4.97. The van der Waals surface area contributed by atoms with E-state index in [4.69, 9.17) is 4.74 Å². The number of benzene rings is 2. The molecule has 0 saturated carbocycles. The average molecular weight is 267 g/mol. The highest BCUT2D eigenvalue weighted by atomic mass is 16.5. The Hall–Kier alpha value is -2.06. The molecule has 0 spiro atoms. The lowest BCUT2D eigenvalue weighted by molar-refractivity contribution is 0.305. The van der Waals surface area contributed by atoms with Crippen LogP contribution >= 0.6 is 0 Å². The molecule has 0 aliphatic carbocycles. The van der Waals surface area contributed by atoms with E-state index in [-0.39, 0.29) is 6.04 Å². The molecule has 2 aromatic carbocycles. The number of hydrogen-bond acceptors (Lipinski definition) is 2. The van der Waals surface area contributed by atoms with Gasteiger partial charge in [0, 0.05) is 0 Å². The third kappa shape index (κ3) is 3.72. The molecule has 2 rings (SSSR count). The zero-order valence-electron chi connectivity index (χ0n) is 12.1. The van der Waals surface area contributed by atoms with Crippen molar-refractivity contribution < 1.29 is 4.74 Å². The molecular formula is C18H21NO. The zero-order valence-corrected chi connectivity index (χ0v) is 12.1. The van der Waals surface area contributed by atoms with Gasteiger partial charge in [-0.3, -0.25) is 0 Å². The lowest BCUT2D eigenvalue weighted by Gasteiger charge is -2.17. The van der Waals surface area contributed by atoms with Crippen molar-refractivity contribution in [2.75, 3.05) is 7.05 Å². The third-order valence-corrected chi connectivity index (χ3v) is 3.22. The molecule has 1 atom stereocenters. The maximum absolute atomic E-state index is 5.85. The van der Waals surface area contributed by atoms with Gasteiger partial charge < -0.3 is 10.1 Å². The highest BCUT2D eigenvalue weighted by molar-refractivity contribution is 5.34. The van der Waals surface area contributed by atoms with E-state index < -0.39 is 0 Å².